The van der Waals surface area contributed by atoms with Gasteiger partial charge in [0.15, 0.2) is 4.80 Å². The molecule has 0 N–H and O–H groups in total. The normalized spacial score (nSPS) is 15.2. The summed E-state index contributed by atoms with van der Waals surface area (Å²) in [7, 11) is 0. The van der Waals surface area contributed by atoms with E-state index in [9.17, 15) is 9.18 Å². The molecule has 1 aromatic carbocycles. The Hall–Kier alpha value is -1.75. The fraction of sp³-hybridized carbons (Fsp3) is 0.231. The first-order valence-corrected chi connectivity index (χ1v) is 6.49. The summed E-state index contributed by atoms with van der Waals surface area (Å²) in [5.74, 6) is -0.271. The Bertz CT molecular complexity index is 771. The van der Waals surface area contributed by atoms with Crippen LogP contribution in [-0.4, -0.2) is 11.1 Å². The van der Waals surface area contributed by atoms with Crippen LogP contribution in [0.15, 0.2) is 34.1 Å². The van der Waals surface area contributed by atoms with E-state index in [1.54, 1.807) is 16.7 Å². The molecule has 0 radical (unpaired) electrons. The van der Waals surface area contributed by atoms with E-state index in [-0.39, 0.29) is 11.4 Å². The lowest BCUT2D eigenvalue weighted by Gasteiger charge is -1.99. The Morgan fingerprint density at radius 3 is 2.78 bits per heavy atom. The van der Waals surface area contributed by atoms with Gasteiger partial charge in [0, 0.05) is 6.54 Å². The van der Waals surface area contributed by atoms with E-state index in [2.05, 4.69) is 4.99 Å². The lowest BCUT2D eigenvalue weighted by atomic mass is 10.1. The summed E-state index contributed by atoms with van der Waals surface area (Å²) in [6.45, 7) is 3.24. The monoisotopic (exact) mass is 262 g/mol. The van der Waals surface area contributed by atoms with Crippen LogP contribution in [-0.2, 0) is 6.54 Å². The van der Waals surface area contributed by atoms with Crippen molar-refractivity contribution >= 4 is 16.9 Å². The van der Waals surface area contributed by atoms with Crippen LogP contribution in [0.1, 0.15) is 12.5 Å². The quantitative estimate of drug-likeness (QED) is 0.752. The van der Waals surface area contributed by atoms with Gasteiger partial charge >= 0.3 is 0 Å². The molecule has 0 unspecified atom stereocenters. The second kappa shape index (κ2) is 4.17. The average Bonchev–Trinajstić information content (AvgIpc) is 2.93. The summed E-state index contributed by atoms with van der Waals surface area (Å²) >= 11 is 1.41. The lowest BCUT2D eigenvalue weighted by molar-refractivity contribution is 0.627. The van der Waals surface area contributed by atoms with Crippen LogP contribution in [0.5, 0.6) is 0 Å². The molecule has 3 rings (SSSR count). The molecule has 0 atom stereocenters. The van der Waals surface area contributed by atoms with Crippen molar-refractivity contribution in [2.45, 2.75) is 13.5 Å². The van der Waals surface area contributed by atoms with E-state index in [1.165, 1.54) is 23.5 Å². The minimum absolute atomic E-state index is 0.0121. The van der Waals surface area contributed by atoms with E-state index in [0.717, 1.165) is 15.9 Å². The molecule has 2 aromatic rings. The average molecular weight is 262 g/mol. The van der Waals surface area contributed by atoms with Crippen LogP contribution in [0, 0.1) is 5.82 Å². The maximum atomic E-state index is 12.9. The molecule has 92 valence electrons. The molecule has 1 aliphatic heterocycles. The Labute approximate surface area is 107 Å². The Morgan fingerprint density at radius 2 is 2.11 bits per heavy atom. The molecule has 0 saturated heterocycles. The molecule has 0 spiro atoms. The molecule has 0 aliphatic carbocycles. The number of aromatic nitrogens is 1. The van der Waals surface area contributed by atoms with Crippen LogP contribution < -0.4 is 14.9 Å². The second-order valence-corrected chi connectivity index (χ2v) is 5.16. The molecule has 3 nitrogen and oxygen atoms in total. The van der Waals surface area contributed by atoms with Gasteiger partial charge in [-0.15, -0.1) is 0 Å². The van der Waals surface area contributed by atoms with E-state index in [0.29, 0.717) is 17.6 Å². The minimum atomic E-state index is -0.271. The molecule has 1 aliphatic rings. The molecular formula is C13H11FN2OS. The lowest BCUT2D eigenvalue weighted by Crippen LogP contribution is -2.30. The topological polar surface area (TPSA) is 34.4 Å². The van der Waals surface area contributed by atoms with Gasteiger partial charge in [-0.25, -0.2) is 4.39 Å². The number of rotatable bonds is 1. The van der Waals surface area contributed by atoms with Crippen LogP contribution >= 0.6 is 11.3 Å². The van der Waals surface area contributed by atoms with Gasteiger partial charge in [-0.05, 0) is 30.2 Å². The third-order valence-corrected chi connectivity index (χ3v) is 4.27. The predicted molar refractivity (Wildman–Crippen MR) is 68.8 cm³/mol. The highest BCUT2D eigenvalue weighted by Crippen LogP contribution is 2.11. The number of fused-ring (bicyclic) bond motifs is 1. The smallest absolute Gasteiger partial charge is 0.270 e. The number of benzene rings is 1. The zero-order valence-electron chi connectivity index (χ0n) is 9.81. The van der Waals surface area contributed by atoms with E-state index < -0.39 is 0 Å². The molecule has 0 amide bonds. The Morgan fingerprint density at radius 1 is 1.39 bits per heavy atom. The number of nitrogens with zero attached hydrogens (tertiary/aromatic N) is 2. The number of hydrogen-bond donors (Lipinski definition) is 0. The van der Waals surface area contributed by atoms with Gasteiger partial charge < -0.3 is 0 Å². The van der Waals surface area contributed by atoms with Crippen molar-refractivity contribution in [1.29, 1.82) is 0 Å². The third kappa shape index (κ3) is 1.71. The van der Waals surface area contributed by atoms with Crippen LogP contribution in [0.25, 0.3) is 5.57 Å². The number of halogens is 1. The molecule has 1 aromatic heterocycles. The van der Waals surface area contributed by atoms with Crippen LogP contribution in [0.4, 0.5) is 4.39 Å². The van der Waals surface area contributed by atoms with Crippen molar-refractivity contribution in [3.8, 4) is 0 Å². The van der Waals surface area contributed by atoms with E-state index in [1.807, 2.05) is 6.92 Å². The van der Waals surface area contributed by atoms with Crippen molar-refractivity contribution < 1.29 is 4.39 Å². The van der Waals surface area contributed by atoms with Gasteiger partial charge in [0.2, 0.25) is 0 Å². The van der Waals surface area contributed by atoms with Crippen LogP contribution in [0.2, 0.25) is 0 Å². The summed E-state index contributed by atoms with van der Waals surface area (Å²) in [5, 5.41) is 0. The van der Waals surface area contributed by atoms with Gasteiger partial charge in [-0.1, -0.05) is 23.5 Å². The second-order valence-electron chi connectivity index (χ2n) is 4.18. The highest BCUT2D eigenvalue weighted by atomic mass is 32.1. The number of hydrogen-bond acceptors (Lipinski definition) is 3. The van der Waals surface area contributed by atoms with Crippen molar-refractivity contribution in [2.24, 2.45) is 4.99 Å². The van der Waals surface area contributed by atoms with Gasteiger partial charge in [0.1, 0.15) is 5.82 Å². The largest absolute Gasteiger partial charge is 0.282 e. The number of thiazole rings is 1. The first kappa shape index (κ1) is 11.3. The van der Waals surface area contributed by atoms with Gasteiger partial charge in [-0.2, -0.15) is 0 Å². The fourth-order valence-electron chi connectivity index (χ4n) is 2.03. The predicted octanol–water partition coefficient (Wildman–Crippen LogP) is 0.901. The fourth-order valence-corrected chi connectivity index (χ4v) is 3.12. The highest BCUT2D eigenvalue weighted by molar-refractivity contribution is 7.07. The Kier molecular flexibility index (Phi) is 2.63. The summed E-state index contributed by atoms with van der Waals surface area (Å²) in [4.78, 5) is 17.2. The van der Waals surface area contributed by atoms with Crippen LogP contribution in [0.3, 0.4) is 0 Å². The molecular weight excluding hydrogens is 251 g/mol. The molecule has 0 bridgehead atoms. The summed E-state index contributed by atoms with van der Waals surface area (Å²) < 4.78 is 15.3. The summed E-state index contributed by atoms with van der Waals surface area (Å²) in [6.07, 6.45) is 0. The van der Waals surface area contributed by atoms with Crippen molar-refractivity contribution in [3.05, 3.63) is 55.3 Å². The van der Waals surface area contributed by atoms with E-state index in [4.69, 9.17) is 0 Å². The first-order valence-electron chi connectivity index (χ1n) is 5.68. The zero-order chi connectivity index (χ0) is 12.7. The van der Waals surface area contributed by atoms with Gasteiger partial charge in [0.05, 0.1) is 11.1 Å². The van der Waals surface area contributed by atoms with Gasteiger partial charge in [0.25, 0.3) is 5.56 Å². The maximum Gasteiger partial charge on any atom is 0.270 e. The third-order valence-electron chi connectivity index (χ3n) is 3.05. The Balaban J connectivity index is 2.27. The molecule has 5 heteroatoms. The zero-order valence-corrected chi connectivity index (χ0v) is 10.6. The van der Waals surface area contributed by atoms with E-state index >= 15 is 0 Å². The molecule has 0 saturated carbocycles. The SMILES string of the molecule is C/C(c1ccc(F)cc1)=c1/sc2n(c1=O)CCN=2. The molecule has 2 heterocycles. The molecule has 0 fully saturated rings. The van der Waals surface area contributed by atoms with Crippen molar-refractivity contribution in [3.63, 3.8) is 0 Å². The maximum absolute atomic E-state index is 12.9. The minimum Gasteiger partial charge on any atom is -0.282 e. The molecule has 18 heavy (non-hydrogen) atoms. The first-order chi connectivity index (χ1) is 8.66. The standard InChI is InChI=1S/C13H11FN2OS/c1-8(9-2-4-10(14)5-3-9)11-12(17)16-7-6-15-13(16)18-11/h2-5H,6-7H2,1H3/b11-8-. The van der Waals surface area contributed by atoms with Crippen molar-refractivity contribution in [1.82, 2.24) is 4.57 Å². The highest BCUT2D eigenvalue weighted by Gasteiger charge is 2.11. The summed E-state index contributed by atoms with van der Waals surface area (Å²) in [6, 6.07) is 6.19. The van der Waals surface area contributed by atoms with Gasteiger partial charge in [-0.3, -0.25) is 14.4 Å². The summed E-state index contributed by atoms with van der Waals surface area (Å²) in [5.41, 5.74) is 1.76. The van der Waals surface area contributed by atoms with Crippen molar-refractivity contribution in [2.75, 3.05) is 6.54 Å².